The molecule has 0 aliphatic carbocycles. The molecule has 1 aliphatic rings. The second kappa shape index (κ2) is 7.07. The molecular formula is C19H25NO3. The van der Waals surface area contributed by atoms with E-state index in [9.17, 15) is 14.4 Å². The number of hydrogen-bond donors (Lipinski definition) is 0. The second-order valence-corrected chi connectivity index (χ2v) is 6.69. The summed E-state index contributed by atoms with van der Waals surface area (Å²) in [5.74, 6) is 0.303. The van der Waals surface area contributed by atoms with Crippen LogP contribution in [0.5, 0.6) is 0 Å². The van der Waals surface area contributed by atoms with Crippen molar-refractivity contribution in [1.29, 1.82) is 0 Å². The van der Waals surface area contributed by atoms with Gasteiger partial charge in [-0.05, 0) is 38.3 Å². The van der Waals surface area contributed by atoms with E-state index < -0.39 is 5.41 Å². The molecule has 0 spiro atoms. The molecule has 4 nitrogen and oxygen atoms in total. The van der Waals surface area contributed by atoms with Gasteiger partial charge in [0.1, 0.15) is 11.6 Å². The molecule has 1 aromatic rings. The molecule has 1 amide bonds. The smallest absolute Gasteiger partial charge is 0.237 e. The minimum absolute atomic E-state index is 0.0105. The molecular weight excluding hydrogens is 290 g/mol. The van der Waals surface area contributed by atoms with Crippen molar-refractivity contribution in [3.05, 3.63) is 29.8 Å². The van der Waals surface area contributed by atoms with Crippen molar-refractivity contribution in [3.8, 4) is 0 Å². The maximum absolute atomic E-state index is 12.6. The van der Waals surface area contributed by atoms with Crippen molar-refractivity contribution in [2.75, 3.05) is 11.9 Å². The molecule has 1 aliphatic heterocycles. The van der Waals surface area contributed by atoms with Crippen molar-refractivity contribution < 1.29 is 14.4 Å². The Bertz CT molecular complexity index is 623. The Labute approximate surface area is 137 Å². The van der Waals surface area contributed by atoms with Crippen LogP contribution in [0.1, 0.15) is 57.9 Å². The lowest BCUT2D eigenvalue weighted by molar-refractivity contribution is -0.128. The SMILES string of the molecule is CC(=O)CCCCCC(=O)CC1(C)C(=O)N(C)c2ccccc21. The molecule has 0 saturated carbocycles. The first-order chi connectivity index (χ1) is 10.9. The van der Waals surface area contributed by atoms with Crippen LogP contribution in [-0.2, 0) is 19.8 Å². The number of carbonyl (C=O) groups is 3. The summed E-state index contributed by atoms with van der Waals surface area (Å²) in [5.41, 5.74) is 1.09. The van der Waals surface area contributed by atoms with Gasteiger partial charge in [-0.25, -0.2) is 0 Å². The van der Waals surface area contributed by atoms with Crippen LogP contribution in [0.3, 0.4) is 0 Å². The van der Waals surface area contributed by atoms with E-state index in [-0.39, 0.29) is 23.9 Å². The molecule has 23 heavy (non-hydrogen) atoms. The summed E-state index contributed by atoms with van der Waals surface area (Å²) in [6.45, 7) is 3.46. The summed E-state index contributed by atoms with van der Waals surface area (Å²) in [7, 11) is 1.76. The number of likely N-dealkylation sites (N-methyl/N-ethyl adjacent to an activating group) is 1. The van der Waals surface area contributed by atoms with Crippen LogP contribution >= 0.6 is 0 Å². The number of Topliss-reactive ketones (excluding diaryl/α,β-unsaturated/α-hetero) is 2. The Morgan fingerprint density at radius 2 is 1.74 bits per heavy atom. The quantitative estimate of drug-likeness (QED) is 0.691. The van der Waals surface area contributed by atoms with Crippen molar-refractivity contribution in [1.82, 2.24) is 0 Å². The number of para-hydroxylation sites is 1. The van der Waals surface area contributed by atoms with Crippen molar-refractivity contribution >= 4 is 23.2 Å². The number of nitrogens with zero attached hydrogens (tertiary/aromatic N) is 1. The molecule has 0 bridgehead atoms. The van der Waals surface area contributed by atoms with Gasteiger partial charge in [-0.3, -0.25) is 9.59 Å². The standard InChI is InChI=1S/C19H25NO3/c1-14(21)9-5-4-6-10-15(22)13-19(2)16-11-7-8-12-17(16)20(3)18(19)23/h7-8,11-12H,4-6,9-10,13H2,1-3H3. The molecule has 0 N–H and O–H groups in total. The Hall–Kier alpha value is -1.97. The third-order valence-corrected chi connectivity index (χ3v) is 4.67. The van der Waals surface area contributed by atoms with Gasteiger partial charge in [-0.2, -0.15) is 0 Å². The molecule has 0 saturated heterocycles. The van der Waals surface area contributed by atoms with E-state index >= 15 is 0 Å². The van der Waals surface area contributed by atoms with Gasteiger partial charge in [0.15, 0.2) is 0 Å². The fourth-order valence-corrected chi connectivity index (χ4v) is 3.35. The Morgan fingerprint density at radius 1 is 1.09 bits per heavy atom. The molecule has 124 valence electrons. The van der Waals surface area contributed by atoms with Crippen LogP contribution in [0.15, 0.2) is 24.3 Å². The predicted octanol–water partition coefficient (Wildman–Crippen LogP) is 3.42. The predicted molar refractivity (Wildman–Crippen MR) is 90.6 cm³/mol. The van der Waals surface area contributed by atoms with Crippen molar-refractivity contribution in [2.24, 2.45) is 0 Å². The summed E-state index contributed by atoms with van der Waals surface area (Å²) >= 11 is 0. The molecule has 4 heteroatoms. The molecule has 2 rings (SSSR count). The highest BCUT2D eigenvalue weighted by Crippen LogP contribution is 2.43. The van der Waals surface area contributed by atoms with Crippen LogP contribution in [-0.4, -0.2) is 24.5 Å². The van der Waals surface area contributed by atoms with E-state index in [4.69, 9.17) is 0 Å². The summed E-state index contributed by atoms with van der Waals surface area (Å²) in [6, 6.07) is 7.68. The van der Waals surface area contributed by atoms with Gasteiger partial charge in [0.05, 0.1) is 5.41 Å². The third kappa shape index (κ3) is 3.69. The van der Waals surface area contributed by atoms with Gasteiger partial charge in [0, 0.05) is 32.0 Å². The average molecular weight is 315 g/mol. The van der Waals surface area contributed by atoms with Crippen LogP contribution in [0.4, 0.5) is 5.69 Å². The second-order valence-electron chi connectivity index (χ2n) is 6.69. The Morgan fingerprint density at radius 3 is 2.43 bits per heavy atom. The van der Waals surface area contributed by atoms with Crippen LogP contribution < -0.4 is 4.90 Å². The first kappa shape index (κ1) is 17.4. The largest absolute Gasteiger partial charge is 0.314 e. The summed E-state index contributed by atoms with van der Waals surface area (Å²) < 4.78 is 0. The minimum Gasteiger partial charge on any atom is -0.314 e. The molecule has 1 aromatic carbocycles. The summed E-state index contributed by atoms with van der Waals surface area (Å²) in [4.78, 5) is 37.5. The maximum Gasteiger partial charge on any atom is 0.237 e. The number of anilines is 1. The first-order valence-electron chi connectivity index (χ1n) is 8.25. The zero-order valence-electron chi connectivity index (χ0n) is 14.2. The number of benzene rings is 1. The van der Waals surface area contributed by atoms with Crippen LogP contribution in [0, 0.1) is 0 Å². The lowest BCUT2D eigenvalue weighted by Gasteiger charge is -2.22. The minimum atomic E-state index is -0.748. The van der Waals surface area contributed by atoms with Crippen molar-refractivity contribution in [2.45, 2.75) is 57.8 Å². The van der Waals surface area contributed by atoms with E-state index in [2.05, 4.69) is 0 Å². The fourth-order valence-electron chi connectivity index (χ4n) is 3.35. The van der Waals surface area contributed by atoms with Crippen molar-refractivity contribution in [3.63, 3.8) is 0 Å². The van der Waals surface area contributed by atoms with Gasteiger partial charge < -0.3 is 9.69 Å². The molecule has 0 radical (unpaired) electrons. The number of hydrogen-bond acceptors (Lipinski definition) is 3. The zero-order valence-corrected chi connectivity index (χ0v) is 14.2. The number of amides is 1. The van der Waals surface area contributed by atoms with Gasteiger partial charge in [-0.15, -0.1) is 0 Å². The number of carbonyl (C=O) groups excluding carboxylic acids is 3. The van der Waals surface area contributed by atoms with Gasteiger partial charge in [-0.1, -0.05) is 24.6 Å². The molecule has 0 fully saturated rings. The Kier molecular flexibility index (Phi) is 5.34. The highest BCUT2D eigenvalue weighted by molar-refractivity contribution is 6.09. The van der Waals surface area contributed by atoms with Gasteiger partial charge in [0.25, 0.3) is 0 Å². The third-order valence-electron chi connectivity index (χ3n) is 4.67. The molecule has 1 atom stereocenters. The molecule has 1 unspecified atom stereocenters. The average Bonchev–Trinajstić information content (AvgIpc) is 2.69. The molecule has 1 heterocycles. The highest BCUT2D eigenvalue weighted by Gasteiger charge is 2.46. The van der Waals surface area contributed by atoms with E-state index in [1.165, 1.54) is 0 Å². The molecule has 0 aromatic heterocycles. The lowest BCUT2D eigenvalue weighted by atomic mass is 9.78. The number of ketones is 2. The van der Waals surface area contributed by atoms with E-state index in [1.54, 1.807) is 18.9 Å². The number of fused-ring (bicyclic) bond motifs is 1. The van der Waals surface area contributed by atoms with Gasteiger partial charge >= 0.3 is 0 Å². The topological polar surface area (TPSA) is 54.5 Å². The number of rotatable bonds is 8. The fraction of sp³-hybridized carbons (Fsp3) is 0.526. The van der Waals surface area contributed by atoms with Crippen LogP contribution in [0.25, 0.3) is 0 Å². The monoisotopic (exact) mass is 315 g/mol. The normalized spacial score (nSPS) is 19.8. The first-order valence-corrected chi connectivity index (χ1v) is 8.25. The zero-order chi connectivity index (χ0) is 17.0. The number of unbranched alkanes of at least 4 members (excludes halogenated alkanes) is 2. The van der Waals surface area contributed by atoms with Crippen LogP contribution in [0.2, 0.25) is 0 Å². The van der Waals surface area contributed by atoms with E-state index in [0.29, 0.717) is 12.8 Å². The summed E-state index contributed by atoms with van der Waals surface area (Å²) in [5, 5.41) is 0. The van der Waals surface area contributed by atoms with E-state index in [0.717, 1.165) is 30.5 Å². The summed E-state index contributed by atoms with van der Waals surface area (Å²) in [6.07, 6.45) is 3.82. The lowest BCUT2D eigenvalue weighted by Crippen LogP contribution is -2.37. The van der Waals surface area contributed by atoms with Gasteiger partial charge in [0.2, 0.25) is 5.91 Å². The Balaban J connectivity index is 1.95. The highest BCUT2D eigenvalue weighted by atomic mass is 16.2. The van der Waals surface area contributed by atoms with E-state index in [1.807, 2.05) is 31.2 Å². The maximum atomic E-state index is 12.6.